The van der Waals surface area contributed by atoms with Gasteiger partial charge in [0, 0.05) is 0 Å². The SMILES string of the molecule is CCCC1CCC(O)(c2ccc(C#N)c(F)c2)CC1. The number of aliphatic hydroxyl groups is 1. The monoisotopic (exact) mass is 261 g/mol. The van der Waals surface area contributed by atoms with Crippen molar-refractivity contribution in [3.63, 3.8) is 0 Å². The van der Waals surface area contributed by atoms with E-state index in [-0.39, 0.29) is 5.56 Å². The third kappa shape index (κ3) is 2.96. The molecule has 2 nitrogen and oxygen atoms in total. The van der Waals surface area contributed by atoms with Gasteiger partial charge in [0.25, 0.3) is 0 Å². The summed E-state index contributed by atoms with van der Waals surface area (Å²) in [6.07, 6.45) is 5.73. The molecule has 0 heterocycles. The Bertz CT molecular complexity index is 484. The summed E-state index contributed by atoms with van der Waals surface area (Å²) < 4.78 is 13.6. The van der Waals surface area contributed by atoms with Crippen LogP contribution in [-0.2, 0) is 5.60 Å². The molecular weight excluding hydrogens is 241 g/mol. The molecule has 3 heteroatoms. The van der Waals surface area contributed by atoms with Crippen LogP contribution in [0.4, 0.5) is 4.39 Å². The first-order valence-electron chi connectivity index (χ1n) is 7.01. The van der Waals surface area contributed by atoms with E-state index < -0.39 is 11.4 Å². The van der Waals surface area contributed by atoms with Gasteiger partial charge >= 0.3 is 0 Å². The van der Waals surface area contributed by atoms with E-state index in [2.05, 4.69) is 6.92 Å². The maximum atomic E-state index is 13.6. The predicted octanol–water partition coefficient (Wildman–Crippen LogP) is 3.88. The topological polar surface area (TPSA) is 44.0 Å². The van der Waals surface area contributed by atoms with Crippen molar-refractivity contribution in [1.29, 1.82) is 5.26 Å². The van der Waals surface area contributed by atoms with Crippen LogP contribution in [0.15, 0.2) is 18.2 Å². The van der Waals surface area contributed by atoms with Gasteiger partial charge in [0.1, 0.15) is 11.9 Å². The summed E-state index contributed by atoms with van der Waals surface area (Å²) in [7, 11) is 0. The lowest BCUT2D eigenvalue weighted by Gasteiger charge is -2.36. The van der Waals surface area contributed by atoms with Crippen LogP contribution in [0, 0.1) is 23.1 Å². The molecule has 1 fully saturated rings. The summed E-state index contributed by atoms with van der Waals surface area (Å²) in [5.74, 6) is 0.151. The van der Waals surface area contributed by atoms with E-state index in [4.69, 9.17) is 5.26 Å². The van der Waals surface area contributed by atoms with E-state index in [0.29, 0.717) is 24.3 Å². The number of nitriles is 1. The van der Waals surface area contributed by atoms with Crippen molar-refractivity contribution >= 4 is 0 Å². The Hall–Kier alpha value is -1.40. The second-order valence-electron chi connectivity index (χ2n) is 5.57. The molecule has 1 aromatic carbocycles. The Morgan fingerprint density at radius 3 is 2.63 bits per heavy atom. The molecular formula is C16H20FNO. The first-order valence-corrected chi connectivity index (χ1v) is 7.01. The number of halogens is 1. The van der Waals surface area contributed by atoms with Crippen LogP contribution in [0.25, 0.3) is 0 Å². The Balaban J connectivity index is 2.14. The third-order valence-corrected chi connectivity index (χ3v) is 4.26. The van der Waals surface area contributed by atoms with Gasteiger partial charge in [-0.15, -0.1) is 0 Å². The second-order valence-corrected chi connectivity index (χ2v) is 5.57. The molecule has 1 N–H and O–H groups in total. The molecule has 1 aliphatic rings. The quantitative estimate of drug-likeness (QED) is 0.897. The van der Waals surface area contributed by atoms with Gasteiger partial charge in [-0.05, 0) is 49.3 Å². The molecule has 102 valence electrons. The summed E-state index contributed by atoms with van der Waals surface area (Å²) in [5, 5.41) is 19.4. The van der Waals surface area contributed by atoms with Gasteiger partial charge in [0.05, 0.1) is 11.2 Å². The molecule has 0 aromatic heterocycles. The largest absolute Gasteiger partial charge is 0.385 e. The number of hydrogen-bond acceptors (Lipinski definition) is 2. The van der Waals surface area contributed by atoms with Crippen molar-refractivity contribution in [2.75, 3.05) is 0 Å². The van der Waals surface area contributed by atoms with Crippen molar-refractivity contribution in [3.8, 4) is 6.07 Å². The van der Waals surface area contributed by atoms with Crippen molar-refractivity contribution in [2.45, 2.75) is 51.0 Å². The summed E-state index contributed by atoms with van der Waals surface area (Å²) in [4.78, 5) is 0. The van der Waals surface area contributed by atoms with E-state index in [9.17, 15) is 9.50 Å². The van der Waals surface area contributed by atoms with Gasteiger partial charge in [-0.3, -0.25) is 0 Å². The van der Waals surface area contributed by atoms with Crippen molar-refractivity contribution in [1.82, 2.24) is 0 Å². The molecule has 0 amide bonds. The van der Waals surface area contributed by atoms with Gasteiger partial charge in [-0.2, -0.15) is 5.26 Å². The Labute approximate surface area is 113 Å². The second kappa shape index (κ2) is 5.71. The number of hydrogen-bond donors (Lipinski definition) is 1. The third-order valence-electron chi connectivity index (χ3n) is 4.26. The Morgan fingerprint density at radius 1 is 1.42 bits per heavy atom. The average Bonchev–Trinajstić information content (AvgIpc) is 2.42. The molecule has 1 aromatic rings. The Kier molecular flexibility index (Phi) is 4.21. The van der Waals surface area contributed by atoms with Gasteiger partial charge in [-0.1, -0.05) is 25.8 Å². The molecule has 0 bridgehead atoms. The zero-order valence-corrected chi connectivity index (χ0v) is 11.3. The van der Waals surface area contributed by atoms with E-state index in [1.807, 2.05) is 0 Å². The lowest BCUT2D eigenvalue weighted by Crippen LogP contribution is -2.31. The summed E-state index contributed by atoms with van der Waals surface area (Å²) in [6, 6.07) is 6.26. The fraction of sp³-hybridized carbons (Fsp3) is 0.562. The average molecular weight is 261 g/mol. The molecule has 1 aliphatic carbocycles. The van der Waals surface area contributed by atoms with Crippen LogP contribution < -0.4 is 0 Å². The smallest absolute Gasteiger partial charge is 0.141 e. The Morgan fingerprint density at radius 2 is 2.11 bits per heavy atom. The molecule has 0 saturated heterocycles. The van der Waals surface area contributed by atoms with Gasteiger partial charge < -0.3 is 5.11 Å². The molecule has 0 unspecified atom stereocenters. The minimum Gasteiger partial charge on any atom is -0.385 e. The van der Waals surface area contributed by atoms with Crippen LogP contribution in [0.2, 0.25) is 0 Å². The van der Waals surface area contributed by atoms with Gasteiger partial charge in [0.2, 0.25) is 0 Å². The van der Waals surface area contributed by atoms with Crippen molar-refractivity contribution < 1.29 is 9.50 Å². The van der Waals surface area contributed by atoms with Gasteiger partial charge in [0.15, 0.2) is 0 Å². The van der Waals surface area contributed by atoms with Crippen LogP contribution in [0.5, 0.6) is 0 Å². The standard InChI is InChI=1S/C16H20FNO/c1-2-3-12-6-8-16(19,9-7-12)14-5-4-13(11-18)15(17)10-14/h4-5,10,12,19H,2-3,6-9H2,1H3. The predicted molar refractivity (Wildman–Crippen MR) is 71.9 cm³/mol. The van der Waals surface area contributed by atoms with E-state index in [1.54, 1.807) is 12.1 Å². The number of benzene rings is 1. The first-order chi connectivity index (χ1) is 9.09. The van der Waals surface area contributed by atoms with Crippen molar-refractivity contribution in [3.05, 3.63) is 35.1 Å². The van der Waals surface area contributed by atoms with E-state index in [1.165, 1.54) is 25.0 Å². The van der Waals surface area contributed by atoms with E-state index >= 15 is 0 Å². The van der Waals surface area contributed by atoms with Crippen LogP contribution in [0.1, 0.15) is 56.6 Å². The molecule has 0 atom stereocenters. The zero-order valence-electron chi connectivity index (χ0n) is 11.3. The summed E-state index contributed by atoms with van der Waals surface area (Å²) in [6.45, 7) is 2.18. The zero-order chi connectivity index (χ0) is 13.9. The van der Waals surface area contributed by atoms with Gasteiger partial charge in [-0.25, -0.2) is 4.39 Å². The molecule has 0 radical (unpaired) electrons. The highest BCUT2D eigenvalue weighted by Crippen LogP contribution is 2.41. The molecule has 19 heavy (non-hydrogen) atoms. The van der Waals surface area contributed by atoms with Crippen LogP contribution in [0.3, 0.4) is 0 Å². The lowest BCUT2D eigenvalue weighted by molar-refractivity contribution is -0.0154. The fourth-order valence-corrected chi connectivity index (χ4v) is 3.04. The minimum absolute atomic E-state index is 0.0343. The van der Waals surface area contributed by atoms with Crippen LogP contribution in [-0.4, -0.2) is 5.11 Å². The molecule has 0 aliphatic heterocycles. The normalized spacial score (nSPS) is 26.9. The highest BCUT2D eigenvalue weighted by Gasteiger charge is 2.34. The maximum Gasteiger partial charge on any atom is 0.141 e. The number of nitrogens with zero attached hydrogens (tertiary/aromatic N) is 1. The lowest BCUT2D eigenvalue weighted by atomic mass is 9.74. The minimum atomic E-state index is -0.918. The number of rotatable bonds is 3. The van der Waals surface area contributed by atoms with E-state index in [0.717, 1.165) is 12.8 Å². The highest BCUT2D eigenvalue weighted by atomic mass is 19.1. The summed E-state index contributed by atoms with van der Waals surface area (Å²) in [5.41, 5.74) is -0.273. The van der Waals surface area contributed by atoms with Crippen LogP contribution >= 0.6 is 0 Å². The summed E-state index contributed by atoms with van der Waals surface area (Å²) >= 11 is 0. The maximum absolute atomic E-state index is 13.6. The highest BCUT2D eigenvalue weighted by molar-refractivity contribution is 5.35. The fourth-order valence-electron chi connectivity index (χ4n) is 3.04. The molecule has 2 rings (SSSR count). The molecule has 0 spiro atoms. The van der Waals surface area contributed by atoms with Crippen molar-refractivity contribution in [2.24, 2.45) is 5.92 Å². The first kappa shape index (κ1) is 14.0. The molecule has 1 saturated carbocycles.